The molecule has 0 spiro atoms. The van der Waals surface area contributed by atoms with Crippen LogP contribution in [0.1, 0.15) is 61.0 Å². The quantitative estimate of drug-likeness (QED) is 0.750. The number of aromatic nitrogens is 2. The van der Waals surface area contributed by atoms with Crippen molar-refractivity contribution in [3.8, 4) is 0 Å². The maximum Gasteiger partial charge on any atom is 0.256 e. The number of nitrogens with zero attached hydrogens (tertiary/aromatic N) is 1. The molecule has 0 aliphatic heterocycles. The highest BCUT2D eigenvalue weighted by Crippen LogP contribution is 2.50. The van der Waals surface area contributed by atoms with Gasteiger partial charge in [-0.3, -0.25) is 14.7 Å². The average Bonchev–Trinajstić information content (AvgIpc) is 3.00. The third kappa shape index (κ3) is 3.41. The first-order valence-electron chi connectivity index (χ1n) is 9.34. The monoisotopic (exact) mass is 364 g/mol. The van der Waals surface area contributed by atoms with Gasteiger partial charge < -0.3 is 10.6 Å². The van der Waals surface area contributed by atoms with Gasteiger partial charge in [0.2, 0.25) is 5.91 Å². The molecule has 2 atom stereocenters. The first-order chi connectivity index (χ1) is 12.0. The zero-order chi connectivity index (χ0) is 17.6. The molecule has 1 heterocycles. The second-order valence-corrected chi connectivity index (χ2v) is 8.27. The Bertz CT molecular complexity index is 657. The lowest BCUT2D eigenvalue weighted by molar-refractivity contribution is -0.124. The molecule has 3 fully saturated rings. The van der Waals surface area contributed by atoms with E-state index in [1.165, 1.54) is 25.7 Å². The van der Waals surface area contributed by atoms with Crippen LogP contribution in [0.3, 0.4) is 0 Å². The SMILES string of the molecule is Cc1[nH]nc(Cl)c1C(=O)NC1CC(NC(=O)C2CC2C2CCCC2)C1. The largest absolute Gasteiger partial charge is 0.353 e. The van der Waals surface area contributed by atoms with E-state index in [1.807, 2.05) is 0 Å². The molecule has 0 saturated heterocycles. The third-order valence-electron chi connectivity index (χ3n) is 6.13. The molecule has 3 saturated carbocycles. The van der Waals surface area contributed by atoms with Gasteiger partial charge in [-0.1, -0.05) is 37.3 Å². The van der Waals surface area contributed by atoms with Gasteiger partial charge in [-0.25, -0.2) is 0 Å². The summed E-state index contributed by atoms with van der Waals surface area (Å²) in [5.74, 6) is 1.68. The molecular weight excluding hydrogens is 340 g/mol. The van der Waals surface area contributed by atoms with Crippen LogP contribution in [0.4, 0.5) is 0 Å². The Labute approximate surface area is 152 Å². The molecule has 0 aromatic carbocycles. The molecule has 3 N–H and O–H groups in total. The highest BCUT2D eigenvalue weighted by atomic mass is 35.5. The van der Waals surface area contributed by atoms with Crippen molar-refractivity contribution in [2.24, 2.45) is 17.8 Å². The summed E-state index contributed by atoms with van der Waals surface area (Å²) >= 11 is 5.93. The minimum Gasteiger partial charge on any atom is -0.353 e. The number of carbonyl (C=O) groups is 2. The number of H-pyrrole nitrogens is 1. The number of hydrogen-bond acceptors (Lipinski definition) is 3. The van der Waals surface area contributed by atoms with Crippen LogP contribution in [-0.4, -0.2) is 34.1 Å². The lowest BCUT2D eigenvalue weighted by Gasteiger charge is -2.36. The van der Waals surface area contributed by atoms with Gasteiger partial charge in [-0.15, -0.1) is 0 Å². The molecular formula is C18H25ClN4O2. The highest BCUT2D eigenvalue weighted by Gasteiger charge is 2.48. The summed E-state index contributed by atoms with van der Waals surface area (Å²) in [7, 11) is 0. The molecule has 0 radical (unpaired) electrons. The van der Waals surface area contributed by atoms with Gasteiger partial charge >= 0.3 is 0 Å². The van der Waals surface area contributed by atoms with E-state index < -0.39 is 0 Å². The maximum atomic E-state index is 12.4. The summed E-state index contributed by atoms with van der Waals surface area (Å²) in [4.78, 5) is 24.6. The lowest BCUT2D eigenvalue weighted by Crippen LogP contribution is -2.54. The van der Waals surface area contributed by atoms with E-state index in [0.717, 1.165) is 25.2 Å². The van der Waals surface area contributed by atoms with Crippen molar-refractivity contribution in [3.63, 3.8) is 0 Å². The second-order valence-electron chi connectivity index (χ2n) is 7.91. The topological polar surface area (TPSA) is 86.9 Å². The van der Waals surface area contributed by atoms with Crippen LogP contribution in [0.2, 0.25) is 5.15 Å². The van der Waals surface area contributed by atoms with Gasteiger partial charge in [0, 0.05) is 23.7 Å². The van der Waals surface area contributed by atoms with Crippen molar-refractivity contribution >= 4 is 23.4 Å². The molecule has 136 valence electrons. The molecule has 2 unspecified atom stereocenters. The smallest absolute Gasteiger partial charge is 0.256 e. The Morgan fingerprint density at radius 3 is 2.44 bits per heavy atom. The van der Waals surface area contributed by atoms with Crippen LogP contribution in [0.25, 0.3) is 0 Å². The number of halogens is 1. The van der Waals surface area contributed by atoms with E-state index in [9.17, 15) is 9.59 Å². The lowest BCUT2D eigenvalue weighted by atomic mass is 9.86. The minimum atomic E-state index is -0.200. The van der Waals surface area contributed by atoms with E-state index in [1.54, 1.807) is 6.92 Å². The summed E-state index contributed by atoms with van der Waals surface area (Å²) in [5.41, 5.74) is 1.07. The zero-order valence-corrected chi connectivity index (χ0v) is 15.2. The normalized spacial score (nSPS) is 31.4. The fraction of sp³-hybridized carbons (Fsp3) is 0.722. The summed E-state index contributed by atoms with van der Waals surface area (Å²) in [6.45, 7) is 1.77. The van der Waals surface area contributed by atoms with Gasteiger partial charge in [0.05, 0.1) is 5.56 Å². The molecule has 25 heavy (non-hydrogen) atoms. The first kappa shape index (κ1) is 16.9. The van der Waals surface area contributed by atoms with Crippen LogP contribution < -0.4 is 10.6 Å². The average molecular weight is 365 g/mol. The van der Waals surface area contributed by atoms with Gasteiger partial charge in [0.1, 0.15) is 0 Å². The molecule has 3 aliphatic carbocycles. The molecule has 2 amide bonds. The summed E-state index contributed by atoms with van der Waals surface area (Å²) in [6.07, 6.45) is 7.92. The summed E-state index contributed by atoms with van der Waals surface area (Å²) in [6, 6.07) is 0.275. The van der Waals surface area contributed by atoms with Crippen molar-refractivity contribution < 1.29 is 9.59 Å². The summed E-state index contributed by atoms with van der Waals surface area (Å²) < 4.78 is 0. The van der Waals surface area contributed by atoms with Crippen molar-refractivity contribution in [3.05, 3.63) is 16.4 Å². The van der Waals surface area contributed by atoms with Gasteiger partial charge in [-0.05, 0) is 38.0 Å². The Balaban J connectivity index is 1.19. The fourth-order valence-corrected chi connectivity index (χ4v) is 4.78. The van der Waals surface area contributed by atoms with Crippen LogP contribution >= 0.6 is 11.6 Å². The van der Waals surface area contributed by atoms with Crippen LogP contribution in [0.5, 0.6) is 0 Å². The first-order valence-corrected chi connectivity index (χ1v) is 9.72. The van der Waals surface area contributed by atoms with Crippen LogP contribution in [0, 0.1) is 24.7 Å². The number of aryl methyl sites for hydroxylation is 1. The van der Waals surface area contributed by atoms with Crippen LogP contribution in [0.15, 0.2) is 0 Å². The predicted octanol–water partition coefficient (Wildman–Crippen LogP) is 2.57. The number of rotatable bonds is 5. The Kier molecular flexibility index (Phi) is 4.48. The molecule has 1 aromatic heterocycles. The van der Waals surface area contributed by atoms with Crippen molar-refractivity contribution in [2.45, 2.75) is 64.0 Å². The molecule has 1 aromatic rings. The van der Waals surface area contributed by atoms with E-state index >= 15 is 0 Å². The van der Waals surface area contributed by atoms with Crippen molar-refractivity contribution in [1.29, 1.82) is 0 Å². The fourth-order valence-electron chi connectivity index (χ4n) is 4.51. The number of carbonyl (C=O) groups excluding carboxylic acids is 2. The Morgan fingerprint density at radius 2 is 1.80 bits per heavy atom. The molecule has 0 bridgehead atoms. The minimum absolute atomic E-state index is 0.0907. The number of amides is 2. The molecule has 4 rings (SSSR count). The van der Waals surface area contributed by atoms with Crippen molar-refractivity contribution in [1.82, 2.24) is 20.8 Å². The predicted molar refractivity (Wildman–Crippen MR) is 94.3 cm³/mol. The maximum absolute atomic E-state index is 12.4. The van der Waals surface area contributed by atoms with E-state index in [2.05, 4.69) is 20.8 Å². The van der Waals surface area contributed by atoms with Gasteiger partial charge in [-0.2, -0.15) is 5.10 Å². The number of hydrogen-bond donors (Lipinski definition) is 3. The standard InChI is InChI=1S/C18H25ClN4O2/c1-9-15(16(19)23-22-9)18(25)21-12-6-11(7-12)20-17(24)14-8-13(14)10-4-2-3-5-10/h10-14H,2-8H2,1H3,(H,20,24)(H,21,25)(H,22,23). The van der Waals surface area contributed by atoms with E-state index in [-0.39, 0.29) is 35.0 Å². The zero-order valence-electron chi connectivity index (χ0n) is 14.5. The highest BCUT2D eigenvalue weighted by molar-refractivity contribution is 6.32. The number of nitrogens with one attached hydrogen (secondary N) is 3. The molecule has 7 heteroatoms. The third-order valence-corrected chi connectivity index (χ3v) is 6.41. The Morgan fingerprint density at radius 1 is 1.12 bits per heavy atom. The van der Waals surface area contributed by atoms with Gasteiger partial charge in [0.15, 0.2) is 5.15 Å². The van der Waals surface area contributed by atoms with E-state index in [0.29, 0.717) is 17.2 Å². The number of aromatic amines is 1. The Hall–Kier alpha value is -1.56. The molecule has 6 nitrogen and oxygen atoms in total. The summed E-state index contributed by atoms with van der Waals surface area (Å²) in [5, 5.41) is 12.9. The van der Waals surface area contributed by atoms with E-state index in [4.69, 9.17) is 11.6 Å². The molecule has 3 aliphatic rings. The second kappa shape index (κ2) is 6.63. The van der Waals surface area contributed by atoms with Crippen LogP contribution in [-0.2, 0) is 4.79 Å². The van der Waals surface area contributed by atoms with Gasteiger partial charge in [0.25, 0.3) is 5.91 Å². The van der Waals surface area contributed by atoms with Crippen molar-refractivity contribution in [2.75, 3.05) is 0 Å².